The summed E-state index contributed by atoms with van der Waals surface area (Å²) >= 11 is 6.24. The van der Waals surface area contributed by atoms with Crippen molar-refractivity contribution in [3.8, 4) is 0 Å². The number of benzene rings is 2. The Morgan fingerprint density at radius 1 is 1.14 bits per heavy atom. The molecule has 3 nitrogen and oxygen atoms in total. The van der Waals surface area contributed by atoms with E-state index >= 15 is 0 Å². The smallest absolute Gasteiger partial charge is 0.124 e. The molecule has 0 atom stereocenters. The first-order valence-electron chi connectivity index (χ1n) is 7.11. The van der Waals surface area contributed by atoms with E-state index in [2.05, 4.69) is 29.2 Å². The number of fused-ring (bicyclic) bond motifs is 1. The van der Waals surface area contributed by atoms with E-state index in [1.807, 2.05) is 18.2 Å². The number of halogens is 1. The van der Waals surface area contributed by atoms with Crippen molar-refractivity contribution >= 4 is 23.1 Å². The highest BCUT2D eigenvalue weighted by Crippen LogP contribution is 2.27. The van der Waals surface area contributed by atoms with E-state index in [0.717, 1.165) is 31.6 Å². The Balaban J connectivity index is 1.91. The number of hydrogen-bond donors (Lipinski definition) is 2. The predicted molar refractivity (Wildman–Crippen MR) is 88.3 cm³/mol. The molecule has 0 fully saturated rings. The summed E-state index contributed by atoms with van der Waals surface area (Å²) in [7, 11) is 0. The van der Waals surface area contributed by atoms with Crippen LogP contribution in [0.3, 0.4) is 0 Å². The maximum atomic E-state index is 7.50. The van der Waals surface area contributed by atoms with Gasteiger partial charge in [0.2, 0.25) is 0 Å². The summed E-state index contributed by atoms with van der Waals surface area (Å²) in [5.41, 5.74) is 10.0. The maximum absolute atomic E-state index is 7.50. The number of hydrogen-bond acceptors (Lipinski definition) is 2. The second kappa shape index (κ2) is 5.78. The topological polar surface area (TPSA) is 53.1 Å². The monoisotopic (exact) mass is 299 g/mol. The molecule has 3 rings (SSSR count). The number of nitrogens with one attached hydrogen (secondary N) is 1. The first-order chi connectivity index (χ1) is 10.1. The lowest BCUT2D eigenvalue weighted by molar-refractivity contribution is 0.766. The molecule has 0 amide bonds. The van der Waals surface area contributed by atoms with E-state index in [4.69, 9.17) is 22.7 Å². The third-order valence-electron chi connectivity index (χ3n) is 3.96. The molecule has 0 radical (unpaired) electrons. The SMILES string of the molecule is N=C(N)c1ccc(N2CCCc3ccccc3C2)cc1Cl. The van der Waals surface area contributed by atoms with E-state index in [9.17, 15) is 0 Å². The zero-order valence-electron chi connectivity index (χ0n) is 11.8. The molecule has 1 heterocycles. The molecular formula is C17H18ClN3. The molecule has 1 aliphatic rings. The van der Waals surface area contributed by atoms with Crippen molar-refractivity contribution in [1.82, 2.24) is 0 Å². The second-order valence-corrected chi connectivity index (χ2v) is 5.78. The van der Waals surface area contributed by atoms with Crippen molar-refractivity contribution in [2.75, 3.05) is 11.4 Å². The Bertz CT molecular complexity index is 681. The molecule has 4 heteroatoms. The minimum absolute atomic E-state index is 0.00719. The van der Waals surface area contributed by atoms with Crippen LogP contribution in [0.2, 0.25) is 5.02 Å². The highest BCUT2D eigenvalue weighted by Gasteiger charge is 2.15. The summed E-state index contributed by atoms with van der Waals surface area (Å²) in [6.45, 7) is 1.90. The van der Waals surface area contributed by atoms with Gasteiger partial charge in [0.15, 0.2) is 0 Å². The van der Waals surface area contributed by atoms with Crippen molar-refractivity contribution in [3.05, 3.63) is 64.2 Å². The Morgan fingerprint density at radius 2 is 1.90 bits per heavy atom. The van der Waals surface area contributed by atoms with Gasteiger partial charge >= 0.3 is 0 Å². The number of rotatable bonds is 2. The third kappa shape index (κ3) is 2.88. The third-order valence-corrected chi connectivity index (χ3v) is 4.27. The van der Waals surface area contributed by atoms with E-state index in [1.54, 1.807) is 0 Å². The molecule has 0 saturated carbocycles. The predicted octanol–water partition coefficient (Wildman–Crippen LogP) is 3.58. The van der Waals surface area contributed by atoms with Gasteiger partial charge in [-0.3, -0.25) is 5.41 Å². The molecule has 0 spiro atoms. The molecule has 0 aromatic heterocycles. The summed E-state index contributed by atoms with van der Waals surface area (Å²) in [5, 5.41) is 8.04. The summed E-state index contributed by atoms with van der Waals surface area (Å²) in [6.07, 6.45) is 2.25. The summed E-state index contributed by atoms with van der Waals surface area (Å²) < 4.78 is 0. The van der Waals surface area contributed by atoms with Crippen LogP contribution in [0.4, 0.5) is 5.69 Å². The fourth-order valence-electron chi connectivity index (χ4n) is 2.84. The van der Waals surface area contributed by atoms with Crippen LogP contribution in [0.15, 0.2) is 42.5 Å². The Hall–Kier alpha value is -2.00. The van der Waals surface area contributed by atoms with Gasteiger partial charge in [-0.15, -0.1) is 0 Å². The fraction of sp³-hybridized carbons (Fsp3) is 0.235. The molecule has 2 aromatic rings. The van der Waals surface area contributed by atoms with Crippen molar-refractivity contribution in [1.29, 1.82) is 5.41 Å². The first-order valence-corrected chi connectivity index (χ1v) is 7.48. The van der Waals surface area contributed by atoms with Gasteiger partial charge in [-0.1, -0.05) is 35.9 Å². The molecule has 0 saturated heterocycles. The van der Waals surface area contributed by atoms with Gasteiger partial charge in [-0.05, 0) is 42.2 Å². The van der Waals surface area contributed by atoms with Crippen LogP contribution in [0, 0.1) is 5.41 Å². The van der Waals surface area contributed by atoms with Crippen LogP contribution < -0.4 is 10.6 Å². The van der Waals surface area contributed by atoms with Gasteiger partial charge in [-0.25, -0.2) is 0 Å². The minimum atomic E-state index is 0.00719. The highest BCUT2D eigenvalue weighted by molar-refractivity contribution is 6.34. The average molecular weight is 300 g/mol. The van der Waals surface area contributed by atoms with Crippen LogP contribution in [0.5, 0.6) is 0 Å². The molecule has 0 unspecified atom stereocenters. The first kappa shape index (κ1) is 14.0. The molecule has 21 heavy (non-hydrogen) atoms. The number of nitrogen functional groups attached to an aromatic ring is 1. The van der Waals surface area contributed by atoms with Crippen molar-refractivity contribution in [3.63, 3.8) is 0 Å². The zero-order chi connectivity index (χ0) is 14.8. The minimum Gasteiger partial charge on any atom is -0.384 e. The standard InChI is InChI=1S/C17H18ClN3/c18-16-10-14(7-8-15(16)17(19)20)21-9-3-6-12-4-1-2-5-13(12)11-21/h1-2,4-5,7-8,10H,3,6,9,11H2,(H3,19,20). The molecular weight excluding hydrogens is 282 g/mol. The van der Waals surface area contributed by atoms with E-state index in [1.165, 1.54) is 11.1 Å². The highest BCUT2D eigenvalue weighted by atomic mass is 35.5. The molecule has 108 valence electrons. The van der Waals surface area contributed by atoms with Crippen LogP contribution in [0.1, 0.15) is 23.1 Å². The molecule has 3 N–H and O–H groups in total. The molecule has 2 aromatic carbocycles. The lowest BCUT2D eigenvalue weighted by Gasteiger charge is -2.24. The summed E-state index contributed by atoms with van der Waals surface area (Å²) in [5.74, 6) is 0.00719. The second-order valence-electron chi connectivity index (χ2n) is 5.37. The molecule has 0 aliphatic carbocycles. The largest absolute Gasteiger partial charge is 0.384 e. The van der Waals surface area contributed by atoms with Gasteiger partial charge in [0, 0.05) is 24.3 Å². The maximum Gasteiger partial charge on any atom is 0.124 e. The van der Waals surface area contributed by atoms with Crippen LogP contribution in [0.25, 0.3) is 0 Å². The van der Waals surface area contributed by atoms with Crippen molar-refractivity contribution in [2.45, 2.75) is 19.4 Å². The van der Waals surface area contributed by atoms with E-state index in [0.29, 0.717) is 10.6 Å². The van der Waals surface area contributed by atoms with Crippen LogP contribution in [-0.4, -0.2) is 12.4 Å². The quantitative estimate of drug-likeness (QED) is 0.658. The Labute approximate surface area is 129 Å². The number of nitrogens with zero attached hydrogens (tertiary/aromatic N) is 1. The van der Waals surface area contributed by atoms with Crippen molar-refractivity contribution < 1.29 is 0 Å². The van der Waals surface area contributed by atoms with Gasteiger partial charge in [0.05, 0.1) is 5.02 Å². The summed E-state index contributed by atoms with van der Waals surface area (Å²) in [4.78, 5) is 2.33. The van der Waals surface area contributed by atoms with Gasteiger partial charge < -0.3 is 10.6 Å². The van der Waals surface area contributed by atoms with Crippen LogP contribution >= 0.6 is 11.6 Å². The number of amidine groups is 1. The normalized spacial score (nSPS) is 14.4. The molecule has 1 aliphatic heterocycles. The Kier molecular flexibility index (Phi) is 3.84. The van der Waals surface area contributed by atoms with Crippen LogP contribution in [-0.2, 0) is 13.0 Å². The zero-order valence-corrected chi connectivity index (χ0v) is 12.5. The number of aryl methyl sites for hydroxylation is 1. The number of anilines is 1. The fourth-order valence-corrected chi connectivity index (χ4v) is 3.12. The van der Waals surface area contributed by atoms with E-state index < -0.39 is 0 Å². The van der Waals surface area contributed by atoms with Gasteiger partial charge in [0.1, 0.15) is 5.84 Å². The van der Waals surface area contributed by atoms with Crippen molar-refractivity contribution in [2.24, 2.45) is 5.73 Å². The van der Waals surface area contributed by atoms with E-state index in [-0.39, 0.29) is 5.84 Å². The Morgan fingerprint density at radius 3 is 2.62 bits per heavy atom. The lowest BCUT2D eigenvalue weighted by Crippen LogP contribution is -2.22. The molecule has 0 bridgehead atoms. The van der Waals surface area contributed by atoms with Gasteiger partial charge in [0.25, 0.3) is 0 Å². The van der Waals surface area contributed by atoms with Gasteiger partial charge in [-0.2, -0.15) is 0 Å². The average Bonchev–Trinajstić information content (AvgIpc) is 2.68. The number of nitrogens with two attached hydrogens (primary N) is 1. The lowest BCUT2D eigenvalue weighted by atomic mass is 10.0. The summed E-state index contributed by atoms with van der Waals surface area (Å²) in [6, 6.07) is 14.3.